The summed E-state index contributed by atoms with van der Waals surface area (Å²) in [7, 11) is 0.0315. The molecule has 1 fully saturated rings. The molecule has 1 aromatic heterocycles. The lowest BCUT2D eigenvalue weighted by Gasteiger charge is -2.32. The van der Waals surface area contributed by atoms with Gasteiger partial charge in [-0.25, -0.2) is 13.1 Å². The van der Waals surface area contributed by atoms with Crippen LogP contribution < -0.4 is 4.72 Å². The highest BCUT2D eigenvalue weighted by Gasteiger charge is 2.26. The highest BCUT2D eigenvalue weighted by molar-refractivity contribution is 7.89. The molecule has 1 aliphatic rings. The molecular weight excluding hydrogens is 400 g/mol. The molecule has 8 heteroatoms. The molecular formula is C22H32N4O3S. The van der Waals surface area contributed by atoms with Gasteiger partial charge >= 0.3 is 0 Å². The normalized spacial score (nSPS) is 16.4. The molecule has 1 aromatic carbocycles. The number of sulfonamides is 1. The van der Waals surface area contributed by atoms with Gasteiger partial charge in [0.05, 0.1) is 0 Å². The van der Waals surface area contributed by atoms with E-state index in [1.54, 1.807) is 19.2 Å². The second-order valence-corrected chi connectivity index (χ2v) is 9.82. The van der Waals surface area contributed by atoms with Crippen LogP contribution >= 0.6 is 0 Å². The summed E-state index contributed by atoms with van der Waals surface area (Å²) in [5.74, 6) is 0.946. The van der Waals surface area contributed by atoms with Gasteiger partial charge in [0, 0.05) is 39.5 Å². The summed E-state index contributed by atoms with van der Waals surface area (Å²) in [4.78, 5) is 4.25. The minimum Gasteiger partial charge on any atom is -0.383 e. The topological polar surface area (TPSA) is 78.7 Å². The highest BCUT2D eigenvalue weighted by atomic mass is 32.2. The summed E-state index contributed by atoms with van der Waals surface area (Å²) in [6, 6.07) is 10.6. The van der Waals surface area contributed by atoms with Gasteiger partial charge in [0.1, 0.15) is 5.69 Å². The first-order valence-corrected chi connectivity index (χ1v) is 11.9. The van der Waals surface area contributed by atoms with Crippen LogP contribution in [-0.2, 0) is 16.4 Å². The first kappa shape index (κ1) is 22.5. The molecule has 1 N–H and O–H groups in total. The second-order valence-electron chi connectivity index (χ2n) is 8.11. The maximum absolute atomic E-state index is 12.8. The van der Waals surface area contributed by atoms with Crippen molar-refractivity contribution in [2.24, 2.45) is 5.92 Å². The molecule has 2 aromatic rings. The Hall–Kier alpha value is -2.16. The molecule has 0 spiro atoms. The van der Waals surface area contributed by atoms with Crippen molar-refractivity contribution in [3.8, 4) is 0 Å². The number of aryl methyl sites for hydroxylation is 1. The minimum atomic E-state index is -3.68. The molecule has 0 saturated carbocycles. The van der Waals surface area contributed by atoms with Crippen LogP contribution in [0.15, 0.2) is 46.0 Å². The highest BCUT2D eigenvalue weighted by Crippen LogP contribution is 2.23. The zero-order chi connectivity index (χ0) is 21.6. The lowest BCUT2D eigenvalue weighted by molar-refractivity contribution is 0.187. The van der Waals surface area contributed by atoms with Crippen molar-refractivity contribution in [3.05, 3.63) is 53.5 Å². The van der Waals surface area contributed by atoms with Gasteiger partial charge in [0.25, 0.3) is 0 Å². The van der Waals surface area contributed by atoms with Gasteiger partial charge in [0.15, 0.2) is 10.7 Å². The molecule has 0 atom stereocenters. The molecule has 0 aliphatic carbocycles. The van der Waals surface area contributed by atoms with Crippen LogP contribution in [0.4, 0.5) is 0 Å². The van der Waals surface area contributed by atoms with Gasteiger partial charge in [0.2, 0.25) is 10.0 Å². The third-order valence-corrected chi connectivity index (χ3v) is 7.04. The summed E-state index contributed by atoms with van der Waals surface area (Å²) >= 11 is 0. The van der Waals surface area contributed by atoms with E-state index in [2.05, 4.69) is 45.1 Å². The standard InChI is InChI=1S/C22H32N4O3S/c1-18-22(21(29-24-18)11-13-25(2)3)30(27,28)23-12-16-26-14-9-20(10-15-26)17-19-7-5-4-6-8-19/h4-8,11,13,20,23H,9-10,12,14-17H2,1-3H3. The summed E-state index contributed by atoms with van der Waals surface area (Å²) in [6.45, 7) is 4.71. The van der Waals surface area contributed by atoms with Gasteiger partial charge < -0.3 is 14.3 Å². The SMILES string of the molecule is Cc1noc(C=CN(C)C)c1S(=O)(=O)NCCN1CCC(Cc2ccccc2)CC1. The van der Waals surface area contributed by atoms with Crippen LogP contribution in [0.2, 0.25) is 0 Å². The van der Waals surface area contributed by atoms with Crippen LogP contribution in [0.25, 0.3) is 6.08 Å². The van der Waals surface area contributed by atoms with Crippen molar-refractivity contribution >= 4 is 16.1 Å². The minimum absolute atomic E-state index is 0.113. The summed E-state index contributed by atoms with van der Waals surface area (Å²) < 4.78 is 33.5. The fourth-order valence-corrected chi connectivity index (χ4v) is 5.10. The van der Waals surface area contributed by atoms with Crippen LogP contribution in [0.1, 0.15) is 29.9 Å². The Bertz CT molecular complexity index is 931. The van der Waals surface area contributed by atoms with Crippen LogP contribution in [-0.4, -0.2) is 63.6 Å². The number of aromatic nitrogens is 1. The van der Waals surface area contributed by atoms with Crippen molar-refractivity contribution < 1.29 is 12.9 Å². The number of piperidine rings is 1. The molecule has 0 bridgehead atoms. The quantitative estimate of drug-likeness (QED) is 0.656. The van der Waals surface area contributed by atoms with Gasteiger partial charge in [-0.1, -0.05) is 35.5 Å². The van der Waals surface area contributed by atoms with Gasteiger partial charge in [-0.2, -0.15) is 0 Å². The third-order valence-electron chi connectivity index (χ3n) is 5.42. The van der Waals surface area contributed by atoms with E-state index in [9.17, 15) is 8.42 Å². The third kappa shape index (κ3) is 6.17. The first-order chi connectivity index (χ1) is 14.3. The molecule has 7 nitrogen and oxygen atoms in total. The van der Waals surface area contributed by atoms with Crippen molar-refractivity contribution in [1.29, 1.82) is 0 Å². The number of hydrogen-bond donors (Lipinski definition) is 1. The van der Waals surface area contributed by atoms with Crippen molar-refractivity contribution in [2.75, 3.05) is 40.3 Å². The maximum Gasteiger partial charge on any atom is 0.246 e. The van der Waals surface area contributed by atoms with E-state index in [0.717, 1.165) is 32.4 Å². The summed E-state index contributed by atoms with van der Waals surface area (Å²) in [5, 5.41) is 3.83. The smallest absolute Gasteiger partial charge is 0.246 e. The molecule has 2 heterocycles. The molecule has 3 rings (SSSR count). The van der Waals surface area contributed by atoms with E-state index in [4.69, 9.17) is 4.52 Å². The van der Waals surface area contributed by atoms with Gasteiger partial charge in [-0.3, -0.25) is 0 Å². The molecule has 1 aliphatic heterocycles. The summed E-state index contributed by atoms with van der Waals surface area (Å²) in [5.41, 5.74) is 1.76. The Morgan fingerprint density at radius 2 is 1.93 bits per heavy atom. The molecule has 1 saturated heterocycles. The molecule has 0 unspecified atom stereocenters. The number of rotatable bonds is 9. The van der Waals surface area contributed by atoms with Crippen molar-refractivity contribution in [1.82, 2.24) is 19.7 Å². The first-order valence-electron chi connectivity index (χ1n) is 10.4. The van der Waals surface area contributed by atoms with Crippen LogP contribution in [0, 0.1) is 12.8 Å². The number of benzene rings is 1. The van der Waals surface area contributed by atoms with E-state index in [1.165, 1.54) is 5.56 Å². The molecule has 0 radical (unpaired) electrons. The second kappa shape index (κ2) is 10.2. The number of nitrogens with zero attached hydrogens (tertiary/aromatic N) is 3. The van der Waals surface area contributed by atoms with E-state index in [0.29, 0.717) is 24.7 Å². The largest absolute Gasteiger partial charge is 0.383 e. The predicted molar refractivity (Wildman–Crippen MR) is 118 cm³/mol. The zero-order valence-corrected chi connectivity index (χ0v) is 18.9. The monoisotopic (exact) mass is 432 g/mol. The average Bonchev–Trinajstić information content (AvgIpc) is 3.10. The fourth-order valence-electron chi connectivity index (χ4n) is 3.80. The Morgan fingerprint density at radius 3 is 2.60 bits per heavy atom. The van der Waals surface area contributed by atoms with E-state index in [1.807, 2.05) is 19.0 Å². The van der Waals surface area contributed by atoms with Crippen LogP contribution in [0.5, 0.6) is 0 Å². The molecule has 164 valence electrons. The zero-order valence-electron chi connectivity index (χ0n) is 18.0. The van der Waals surface area contributed by atoms with E-state index in [-0.39, 0.29) is 10.7 Å². The van der Waals surface area contributed by atoms with Crippen LogP contribution in [0.3, 0.4) is 0 Å². The fraction of sp³-hybridized carbons (Fsp3) is 0.500. The summed E-state index contributed by atoms with van der Waals surface area (Å²) in [6.07, 6.45) is 6.76. The maximum atomic E-state index is 12.8. The number of likely N-dealkylation sites (tertiary alicyclic amines) is 1. The Balaban J connectivity index is 1.48. The van der Waals surface area contributed by atoms with E-state index < -0.39 is 10.0 Å². The molecule has 30 heavy (non-hydrogen) atoms. The van der Waals surface area contributed by atoms with E-state index >= 15 is 0 Å². The predicted octanol–water partition coefficient (Wildman–Crippen LogP) is 2.75. The number of hydrogen-bond acceptors (Lipinski definition) is 6. The molecule has 0 amide bonds. The number of nitrogens with one attached hydrogen (secondary N) is 1. The Labute approximate surface area is 179 Å². The lowest BCUT2D eigenvalue weighted by Crippen LogP contribution is -2.40. The van der Waals surface area contributed by atoms with Crippen molar-refractivity contribution in [3.63, 3.8) is 0 Å². The lowest BCUT2D eigenvalue weighted by atomic mass is 9.90. The van der Waals surface area contributed by atoms with Crippen molar-refractivity contribution in [2.45, 2.75) is 31.1 Å². The average molecular weight is 433 g/mol. The van der Waals surface area contributed by atoms with Gasteiger partial charge in [-0.15, -0.1) is 0 Å². The Morgan fingerprint density at radius 1 is 1.23 bits per heavy atom. The van der Waals surface area contributed by atoms with Gasteiger partial charge in [-0.05, 0) is 50.8 Å². The Kier molecular flexibility index (Phi) is 7.69.